The van der Waals surface area contributed by atoms with E-state index in [1.54, 1.807) is 0 Å². The molecule has 0 bridgehead atoms. The zero-order chi connectivity index (χ0) is 12.4. The van der Waals surface area contributed by atoms with Crippen LogP contribution in [0.4, 0.5) is 4.39 Å². The number of rotatable bonds is 3. The first-order chi connectivity index (χ1) is 8.06. The first-order valence-corrected chi connectivity index (χ1v) is 5.20. The van der Waals surface area contributed by atoms with Crippen molar-refractivity contribution in [2.45, 2.75) is 12.6 Å². The van der Waals surface area contributed by atoms with Gasteiger partial charge < -0.3 is 10.8 Å². The van der Waals surface area contributed by atoms with E-state index in [0.717, 1.165) is 0 Å². The van der Waals surface area contributed by atoms with Gasteiger partial charge in [0.1, 0.15) is 5.82 Å². The number of primary amides is 1. The average molecular weight is 240 g/mol. The molecular weight excluding hydrogens is 227 g/mol. The van der Waals surface area contributed by atoms with Crippen molar-refractivity contribution >= 4 is 5.91 Å². The summed E-state index contributed by atoms with van der Waals surface area (Å²) in [6, 6.07) is 3.93. The highest BCUT2D eigenvalue weighted by Crippen LogP contribution is 2.16. The highest BCUT2D eigenvalue weighted by Gasteiger charge is 2.22. The maximum atomic E-state index is 13.5. The van der Waals surface area contributed by atoms with Crippen molar-refractivity contribution in [3.05, 3.63) is 35.1 Å². The molecule has 1 atom stereocenters. The van der Waals surface area contributed by atoms with E-state index in [0.29, 0.717) is 12.1 Å². The Hall–Kier alpha value is -1.50. The number of halogens is 1. The molecule has 1 amide bonds. The molecule has 6 heteroatoms. The summed E-state index contributed by atoms with van der Waals surface area (Å²) in [5, 5.41) is 10.7. The van der Waals surface area contributed by atoms with Crippen molar-refractivity contribution < 1.29 is 19.1 Å². The van der Waals surface area contributed by atoms with Gasteiger partial charge in [-0.15, -0.1) is 0 Å². The molecule has 0 radical (unpaired) electrons. The van der Waals surface area contributed by atoms with Gasteiger partial charge in [0, 0.05) is 11.1 Å². The number of hydroxylamine groups is 2. The molecular formula is C11H13FN2O3. The lowest BCUT2D eigenvalue weighted by Crippen LogP contribution is -2.21. The second-order valence-electron chi connectivity index (χ2n) is 3.94. The number of benzene rings is 1. The number of carbonyl (C=O) groups is 1. The third-order valence-corrected chi connectivity index (χ3v) is 2.54. The largest absolute Gasteiger partial charge is 0.389 e. The van der Waals surface area contributed by atoms with Crippen molar-refractivity contribution in [1.29, 1.82) is 0 Å². The van der Waals surface area contributed by atoms with E-state index in [4.69, 9.17) is 10.6 Å². The second-order valence-corrected chi connectivity index (χ2v) is 3.94. The highest BCUT2D eigenvalue weighted by atomic mass is 19.1. The van der Waals surface area contributed by atoms with E-state index in [1.165, 1.54) is 23.3 Å². The first-order valence-electron chi connectivity index (χ1n) is 5.20. The molecule has 0 aromatic heterocycles. The molecule has 0 unspecified atom stereocenters. The van der Waals surface area contributed by atoms with E-state index < -0.39 is 17.8 Å². The molecule has 1 aliphatic rings. The van der Waals surface area contributed by atoms with Crippen molar-refractivity contribution in [2.75, 3.05) is 13.2 Å². The van der Waals surface area contributed by atoms with E-state index in [2.05, 4.69) is 0 Å². The number of aliphatic hydroxyl groups is 1. The highest BCUT2D eigenvalue weighted by molar-refractivity contribution is 5.92. The maximum Gasteiger partial charge on any atom is 0.248 e. The Balaban J connectivity index is 2.14. The van der Waals surface area contributed by atoms with Crippen LogP contribution >= 0.6 is 0 Å². The van der Waals surface area contributed by atoms with Gasteiger partial charge in [-0.1, -0.05) is 0 Å². The summed E-state index contributed by atoms with van der Waals surface area (Å²) in [7, 11) is 0. The first kappa shape index (κ1) is 12.0. The summed E-state index contributed by atoms with van der Waals surface area (Å²) >= 11 is 0. The van der Waals surface area contributed by atoms with Crippen molar-refractivity contribution in [1.82, 2.24) is 5.06 Å². The summed E-state index contributed by atoms with van der Waals surface area (Å²) < 4.78 is 13.5. The molecule has 1 fully saturated rings. The molecule has 1 aliphatic heterocycles. The topological polar surface area (TPSA) is 75.8 Å². The van der Waals surface area contributed by atoms with E-state index in [9.17, 15) is 14.3 Å². The lowest BCUT2D eigenvalue weighted by molar-refractivity contribution is -0.118. The quantitative estimate of drug-likeness (QED) is 0.781. The fraction of sp³-hybridized carbons (Fsp3) is 0.364. The van der Waals surface area contributed by atoms with Crippen LogP contribution in [0.25, 0.3) is 0 Å². The van der Waals surface area contributed by atoms with Crippen LogP contribution in [0, 0.1) is 5.82 Å². The van der Waals surface area contributed by atoms with Gasteiger partial charge in [0.05, 0.1) is 25.8 Å². The lowest BCUT2D eigenvalue weighted by Gasteiger charge is -2.14. The zero-order valence-corrected chi connectivity index (χ0v) is 9.10. The predicted molar refractivity (Wildman–Crippen MR) is 57.3 cm³/mol. The van der Waals surface area contributed by atoms with Gasteiger partial charge in [-0.05, 0) is 18.2 Å². The van der Waals surface area contributed by atoms with Crippen LogP contribution in [0.2, 0.25) is 0 Å². The fourth-order valence-corrected chi connectivity index (χ4v) is 1.68. The summed E-state index contributed by atoms with van der Waals surface area (Å²) in [5.74, 6) is -1.03. The van der Waals surface area contributed by atoms with Crippen molar-refractivity contribution in [2.24, 2.45) is 5.73 Å². The van der Waals surface area contributed by atoms with Gasteiger partial charge >= 0.3 is 0 Å². The van der Waals surface area contributed by atoms with Gasteiger partial charge in [-0.3, -0.25) is 9.63 Å². The molecule has 92 valence electrons. The van der Waals surface area contributed by atoms with Crippen LogP contribution in [0.3, 0.4) is 0 Å². The third-order valence-electron chi connectivity index (χ3n) is 2.54. The van der Waals surface area contributed by atoms with Crippen LogP contribution in [0.5, 0.6) is 0 Å². The number of nitrogens with zero attached hydrogens (tertiary/aromatic N) is 1. The number of β-amino-alcohol motifs (C(OH)–C–C–N with tert-alkyl or cyclic N) is 1. The maximum absolute atomic E-state index is 13.5. The predicted octanol–water partition coefficient (Wildman–Crippen LogP) is 0.0327. The van der Waals surface area contributed by atoms with Gasteiger partial charge in [-0.25, -0.2) is 4.39 Å². The molecule has 3 N–H and O–H groups in total. The van der Waals surface area contributed by atoms with Crippen LogP contribution < -0.4 is 5.73 Å². The third kappa shape index (κ3) is 2.79. The number of carbonyl (C=O) groups excluding carboxylic acids is 1. The van der Waals surface area contributed by atoms with Crippen LogP contribution in [0.1, 0.15) is 15.9 Å². The minimum absolute atomic E-state index is 0.171. The lowest BCUT2D eigenvalue weighted by atomic mass is 10.1. The Labute approximate surface area is 97.5 Å². The number of hydrogen-bond donors (Lipinski definition) is 2. The summed E-state index contributed by atoms with van der Waals surface area (Å²) in [6.07, 6.45) is -0.558. The average Bonchev–Trinajstić information content (AvgIpc) is 2.67. The Morgan fingerprint density at radius 1 is 1.65 bits per heavy atom. The fourth-order valence-electron chi connectivity index (χ4n) is 1.68. The van der Waals surface area contributed by atoms with E-state index in [-0.39, 0.29) is 18.7 Å². The normalized spacial score (nSPS) is 20.7. The molecule has 1 aromatic carbocycles. The summed E-state index contributed by atoms with van der Waals surface area (Å²) in [4.78, 5) is 16.1. The molecule has 1 aromatic rings. The second kappa shape index (κ2) is 4.79. The molecule has 0 aliphatic carbocycles. The van der Waals surface area contributed by atoms with Crippen LogP contribution in [-0.4, -0.2) is 35.3 Å². The van der Waals surface area contributed by atoms with Crippen LogP contribution in [0.15, 0.2) is 18.2 Å². The Morgan fingerprint density at radius 3 is 3.00 bits per heavy atom. The Bertz CT molecular complexity index is 439. The minimum atomic E-state index is -0.603. The Kier molecular flexibility index (Phi) is 3.37. The van der Waals surface area contributed by atoms with Gasteiger partial charge in [0.15, 0.2) is 0 Å². The van der Waals surface area contributed by atoms with Crippen molar-refractivity contribution in [3.63, 3.8) is 0 Å². The molecule has 0 spiro atoms. The molecule has 5 nitrogen and oxygen atoms in total. The minimum Gasteiger partial charge on any atom is -0.389 e. The number of aliphatic hydroxyl groups excluding tert-OH is 1. The standard InChI is InChI=1S/C11H13FN2O3/c12-10-2-1-7(11(13)16)3-8(10)4-14-5-9(15)6-17-14/h1-3,9,15H,4-6H2,(H2,13,16)/t9-/m1/s1. The van der Waals surface area contributed by atoms with Gasteiger partial charge in [-0.2, -0.15) is 5.06 Å². The van der Waals surface area contributed by atoms with E-state index >= 15 is 0 Å². The molecule has 1 saturated heterocycles. The van der Waals surface area contributed by atoms with E-state index in [1.807, 2.05) is 0 Å². The van der Waals surface area contributed by atoms with Gasteiger partial charge in [0.2, 0.25) is 5.91 Å². The Morgan fingerprint density at radius 2 is 2.41 bits per heavy atom. The zero-order valence-electron chi connectivity index (χ0n) is 9.10. The van der Waals surface area contributed by atoms with Crippen LogP contribution in [-0.2, 0) is 11.4 Å². The number of amides is 1. The molecule has 0 saturated carbocycles. The summed E-state index contributed by atoms with van der Waals surface area (Å²) in [5.41, 5.74) is 5.68. The molecule has 2 rings (SSSR count). The van der Waals surface area contributed by atoms with Gasteiger partial charge in [0.25, 0.3) is 0 Å². The monoisotopic (exact) mass is 240 g/mol. The summed E-state index contributed by atoms with van der Waals surface area (Å²) in [6.45, 7) is 0.696. The number of nitrogens with two attached hydrogens (primary N) is 1. The smallest absolute Gasteiger partial charge is 0.248 e. The molecule has 1 heterocycles. The SMILES string of the molecule is NC(=O)c1ccc(F)c(CN2C[C@@H](O)CO2)c1. The number of hydrogen-bond acceptors (Lipinski definition) is 4. The van der Waals surface area contributed by atoms with Crippen molar-refractivity contribution in [3.8, 4) is 0 Å². The molecule has 17 heavy (non-hydrogen) atoms.